The third-order valence-electron chi connectivity index (χ3n) is 4.85. The second-order valence-electron chi connectivity index (χ2n) is 8.41. The minimum atomic E-state index is -0.465. The molecule has 1 aliphatic heterocycles. The van der Waals surface area contributed by atoms with Gasteiger partial charge in [-0.25, -0.2) is 4.98 Å². The molecule has 0 bridgehead atoms. The van der Waals surface area contributed by atoms with E-state index in [1.54, 1.807) is 30.6 Å². The summed E-state index contributed by atoms with van der Waals surface area (Å²) in [6.07, 6.45) is 5.42. The van der Waals surface area contributed by atoms with Crippen LogP contribution < -0.4 is 15.2 Å². The number of hydrogen-bond acceptors (Lipinski definition) is 6. The number of benzene rings is 1. The molecule has 0 unspecified atom stereocenters. The summed E-state index contributed by atoms with van der Waals surface area (Å²) in [6, 6.07) is 7.12. The number of ether oxygens (including phenoxy) is 2. The van der Waals surface area contributed by atoms with Gasteiger partial charge in [0, 0.05) is 18.9 Å². The molecule has 1 fully saturated rings. The normalized spacial score (nSPS) is 15.8. The Hall–Kier alpha value is -2.67. The fourth-order valence-electron chi connectivity index (χ4n) is 3.36. The lowest BCUT2D eigenvalue weighted by Crippen LogP contribution is -2.36. The molecule has 0 atom stereocenters. The number of likely N-dealkylation sites (tertiary alicyclic amines) is 1. The van der Waals surface area contributed by atoms with Crippen molar-refractivity contribution in [3.63, 3.8) is 0 Å². The molecule has 7 heteroatoms. The Kier molecular flexibility index (Phi) is 6.69. The lowest BCUT2D eigenvalue weighted by molar-refractivity contribution is 0.0988. The van der Waals surface area contributed by atoms with E-state index in [1.807, 2.05) is 26.8 Å². The molecule has 1 aromatic heterocycles. The van der Waals surface area contributed by atoms with Crippen molar-refractivity contribution >= 4 is 5.91 Å². The monoisotopic (exact) mass is 398 g/mol. The number of nitrogens with zero attached hydrogens (tertiary/aromatic N) is 3. The second kappa shape index (κ2) is 9.22. The van der Waals surface area contributed by atoms with Gasteiger partial charge < -0.3 is 15.2 Å². The molecule has 0 saturated carbocycles. The van der Waals surface area contributed by atoms with Gasteiger partial charge in [0.25, 0.3) is 5.91 Å². The number of carbonyl (C=O) groups is 1. The Labute approximate surface area is 172 Å². The van der Waals surface area contributed by atoms with Crippen LogP contribution in [0.25, 0.3) is 0 Å². The number of carbonyl (C=O) groups excluding carboxylic acids is 1. The summed E-state index contributed by atoms with van der Waals surface area (Å²) >= 11 is 0. The number of rotatable bonds is 7. The number of nitrogens with two attached hydrogens (primary N) is 1. The van der Waals surface area contributed by atoms with Crippen molar-refractivity contribution in [2.45, 2.75) is 45.8 Å². The maximum atomic E-state index is 11.5. The van der Waals surface area contributed by atoms with Gasteiger partial charge in [-0.05, 0) is 64.8 Å². The summed E-state index contributed by atoms with van der Waals surface area (Å²) in [7, 11) is 0. The third-order valence-corrected chi connectivity index (χ3v) is 4.85. The van der Waals surface area contributed by atoms with E-state index in [1.165, 1.54) is 0 Å². The first kappa shape index (κ1) is 21.0. The molecule has 2 aromatic rings. The van der Waals surface area contributed by atoms with Crippen LogP contribution in [0.3, 0.4) is 0 Å². The topological polar surface area (TPSA) is 90.6 Å². The molecule has 0 radical (unpaired) electrons. The van der Waals surface area contributed by atoms with E-state index in [0.717, 1.165) is 38.2 Å². The number of primary amides is 1. The first-order valence-corrected chi connectivity index (χ1v) is 10.0. The Morgan fingerprint density at radius 2 is 1.86 bits per heavy atom. The van der Waals surface area contributed by atoms with E-state index in [4.69, 9.17) is 15.2 Å². The molecule has 1 amide bonds. The Morgan fingerprint density at radius 1 is 1.17 bits per heavy atom. The molecule has 29 heavy (non-hydrogen) atoms. The third kappa shape index (κ3) is 6.15. The summed E-state index contributed by atoms with van der Waals surface area (Å²) in [5.74, 6) is 1.14. The number of piperidine rings is 1. The highest BCUT2D eigenvalue weighted by Gasteiger charge is 2.23. The molecule has 3 rings (SSSR count). The molecule has 7 nitrogen and oxygen atoms in total. The zero-order valence-electron chi connectivity index (χ0n) is 17.4. The number of aromatic nitrogens is 2. The first-order valence-electron chi connectivity index (χ1n) is 10.0. The lowest BCUT2D eigenvalue weighted by atomic mass is 9.97. The van der Waals surface area contributed by atoms with E-state index in [0.29, 0.717) is 29.7 Å². The van der Waals surface area contributed by atoms with Crippen LogP contribution in [0.1, 0.15) is 49.7 Å². The van der Waals surface area contributed by atoms with Crippen LogP contribution >= 0.6 is 0 Å². The fraction of sp³-hybridized carbons (Fsp3) is 0.500. The van der Waals surface area contributed by atoms with E-state index in [2.05, 4.69) is 14.9 Å². The summed E-state index contributed by atoms with van der Waals surface area (Å²) in [5.41, 5.74) is 6.41. The van der Waals surface area contributed by atoms with Crippen molar-refractivity contribution in [1.29, 1.82) is 0 Å². The van der Waals surface area contributed by atoms with Gasteiger partial charge >= 0.3 is 0 Å². The maximum Gasteiger partial charge on any atom is 0.252 e. The second-order valence-corrected chi connectivity index (χ2v) is 8.41. The molecule has 1 saturated heterocycles. The zero-order chi connectivity index (χ0) is 20.9. The summed E-state index contributed by atoms with van der Waals surface area (Å²) in [4.78, 5) is 22.7. The van der Waals surface area contributed by atoms with Gasteiger partial charge in [-0.2, -0.15) is 0 Å². The Bertz CT molecular complexity index is 827. The van der Waals surface area contributed by atoms with Crippen molar-refractivity contribution in [2.24, 2.45) is 11.7 Å². The van der Waals surface area contributed by atoms with Gasteiger partial charge in [-0.3, -0.25) is 14.7 Å². The predicted molar refractivity (Wildman–Crippen MR) is 111 cm³/mol. The van der Waals surface area contributed by atoms with Gasteiger partial charge in [0.2, 0.25) is 5.88 Å². The van der Waals surface area contributed by atoms with Crippen LogP contribution in [0, 0.1) is 5.92 Å². The largest absolute Gasteiger partial charge is 0.492 e. The Morgan fingerprint density at radius 3 is 2.55 bits per heavy atom. The van der Waals surface area contributed by atoms with E-state index >= 15 is 0 Å². The average Bonchev–Trinajstić information content (AvgIpc) is 2.68. The first-order chi connectivity index (χ1) is 13.8. The molecule has 0 spiro atoms. The maximum absolute atomic E-state index is 11.5. The molecular weight excluding hydrogens is 368 g/mol. The smallest absolute Gasteiger partial charge is 0.252 e. The van der Waals surface area contributed by atoms with Gasteiger partial charge in [0.1, 0.15) is 17.0 Å². The van der Waals surface area contributed by atoms with Crippen molar-refractivity contribution < 1.29 is 14.3 Å². The van der Waals surface area contributed by atoms with Crippen LogP contribution in [0.4, 0.5) is 0 Å². The van der Waals surface area contributed by atoms with Crippen LogP contribution in [0.5, 0.6) is 11.6 Å². The van der Waals surface area contributed by atoms with Gasteiger partial charge in [-0.1, -0.05) is 12.1 Å². The summed E-state index contributed by atoms with van der Waals surface area (Å²) in [6.45, 7) is 9.24. The minimum Gasteiger partial charge on any atom is -0.492 e. The van der Waals surface area contributed by atoms with Crippen molar-refractivity contribution in [2.75, 3.05) is 19.7 Å². The van der Waals surface area contributed by atoms with Crippen LogP contribution in [-0.4, -0.2) is 46.1 Å². The molecule has 2 N–H and O–H groups in total. The summed E-state index contributed by atoms with van der Waals surface area (Å²) in [5, 5.41) is 0. The van der Waals surface area contributed by atoms with E-state index in [-0.39, 0.29) is 5.60 Å². The highest BCUT2D eigenvalue weighted by Crippen LogP contribution is 2.25. The number of amides is 1. The molecule has 1 aliphatic rings. The number of para-hydroxylation sites is 1. The predicted octanol–water partition coefficient (Wildman–Crippen LogP) is 3.04. The van der Waals surface area contributed by atoms with Crippen molar-refractivity contribution in [3.8, 4) is 11.6 Å². The average molecular weight is 399 g/mol. The van der Waals surface area contributed by atoms with Gasteiger partial charge in [0.15, 0.2) is 0 Å². The lowest BCUT2D eigenvalue weighted by Gasteiger charge is -2.32. The van der Waals surface area contributed by atoms with Crippen molar-refractivity contribution in [3.05, 3.63) is 47.9 Å². The molecule has 0 aliphatic carbocycles. The minimum absolute atomic E-state index is 0.309. The molecule has 2 heterocycles. The van der Waals surface area contributed by atoms with Gasteiger partial charge in [-0.15, -0.1) is 0 Å². The van der Waals surface area contributed by atoms with Crippen molar-refractivity contribution in [1.82, 2.24) is 14.9 Å². The highest BCUT2D eigenvalue weighted by molar-refractivity contribution is 5.95. The fourth-order valence-corrected chi connectivity index (χ4v) is 3.36. The zero-order valence-corrected chi connectivity index (χ0v) is 17.4. The standard InChI is InChI=1S/C22H30N4O3/c1-22(2,3)29-21-18(24-10-11-25-21)14-26-12-8-16(9-13-26)15-28-19-7-5-4-6-17(19)20(23)27/h4-7,10-11,16H,8-9,12-15H2,1-3H3,(H2,23,27). The number of hydrogen-bond donors (Lipinski definition) is 1. The molecule has 1 aromatic carbocycles. The van der Waals surface area contributed by atoms with Gasteiger partial charge in [0.05, 0.1) is 12.2 Å². The molecular formula is C22H30N4O3. The summed E-state index contributed by atoms with van der Waals surface area (Å²) < 4.78 is 11.9. The van der Waals surface area contributed by atoms with E-state index < -0.39 is 5.91 Å². The van der Waals surface area contributed by atoms with Crippen LogP contribution in [-0.2, 0) is 6.54 Å². The van der Waals surface area contributed by atoms with E-state index in [9.17, 15) is 4.79 Å². The SMILES string of the molecule is CC(C)(C)Oc1nccnc1CN1CCC(COc2ccccc2C(N)=O)CC1. The Balaban J connectivity index is 1.51. The van der Waals surface area contributed by atoms with Crippen LogP contribution in [0.2, 0.25) is 0 Å². The highest BCUT2D eigenvalue weighted by atomic mass is 16.5. The van der Waals surface area contributed by atoms with Crippen LogP contribution in [0.15, 0.2) is 36.7 Å². The quantitative estimate of drug-likeness (QED) is 0.771. The molecule has 156 valence electrons.